The van der Waals surface area contributed by atoms with E-state index in [4.69, 9.17) is 5.73 Å². The Morgan fingerprint density at radius 3 is 1.90 bits per heavy atom. The van der Waals surface area contributed by atoms with E-state index >= 15 is 0 Å². The molecule has 1 aromatic rings. The molecule has 21 heavy (non-hydrogen) atoms. The molecule has 0 bridgehead atoms. The van der Waals surface area contributed by atoms with E-state index in [1.165, 1.54) is 11.8 Å². The van der Waals surface area contributed by atoms with Gasteiger partial charge >= 0.3 is 0 Å². The quantitative estimate of drug-likeness (QED) is 0.648. The van der Waals surface area contributed by atoms with Crippen LogP contribution in [0, 0.1) is 0 Å². The summed E-state index contributed by atoms with van der Waals surface area (Å²) in [7, 11) is 3.77. The lowest BCUT2D eigenvalue weighted by atomic mass is 9.92. The average Bonchev–Trinajstić information content (AvgIpc) is 2.37. The number of nitrogens with two attached hydrogens (primary N) is 1. The molecule has 1 amide bonds. The molecule has 0 aliphatic heterocycles. The van der Waals surface area contributed by atoms with Crippen LogP contribution in [-0.4, -0.2) is 41.0 Å². The second-order valence-electron chi connectivity index (χ2n) is 6.28. The van der Waals surface area contributed by atoms with Crippen LogP contribution in [0.2, 0.25) is 0 Å². The van der Waals surface area contributed by atoms with Crippen molar-refractivity contribution in [3.8, 4) is 0 Å². The lowest BCUT2D eigenvalue weighted by Crippen LogP contribution is -2.45. The molecule has 0 aliphatic rings. The summed E-state index contributed by atoms with van der Waals surface area (Å²) in [5.74, 6) is -0.292. The van der Waals surface area contributed by atoms with Crippen molar-refractivity contribution in [1.29, 1.82) is 0 Å². The Labute approximate surface area is 131 Å². The summed E-state index contributed by atoms with van der Waals surface area (Å²) in [6.45, 7) is 7.37. The Kier molecular flexibility index (Phi) is 5.23. The highest BCUT2D eigenvalue weighted by Gasteiger charge is 2.31. The third kappa shape index (κ3) is 4.08. The highest BCUT2D eigenvalue weighted by atomic mass is 32.2. The predicted molar refractivity (Wildman–Crippen MR) is 87.7 cm³/mol. The van der Waals surface area contributed by atoms with E-state index in [0.29, 0.717) is 5.56 Å². The molecule has 1 rings (SSSR count). The molecule has 0 saturated carbocycles. The molecular weight excluding hydrogens is 284 g/mol. The van der Waals surface area contributed by atoms with Gasteiger partial charge in [-0.25, -0.2) is 0 Å². The molecule has 0 spiro atoms. The number of ketones is 1. The van der Waals surface area contributed by atoms with E-state index in [-0.39, 0.29) is 11.7 Å². The SMILES string of the molecule is CN(C)C(C)(C)C(=O)c1ccc(SC(C)(C)C(N)=O)cc1. The number of hydrogen-bond donors (Lipinski definition) is 1. The van der Waals surface area contributed by atoms with Gasteiger partial charge in [0.25, 0.3) is 0 Å². The van der Waals surface area contributed by atoms with Gasteiger partial charge < -0.3 is 5.73 Å². The molecule has 0 unspecified atom stereocenters. The van der Waals surface area contributed by atoms with Crippen molar-refractivity contribution in [1.82, 2.24) is 4.90 Å². The molecule has 0 saturated heterocycles. The third-order valence-electron chi connectivity index (χ3n) is 3.76. The van der Waals surface area contributed by atoms with Gasteiger partial charge in [0.2, 0.25) is 5.91 Å². The monoisotopic (exact) mass is 308 g/mol. The number of hydrogen-bond acceptors (Lipinski definition) is 4. The molecule has 4 nitrogen and oxygen atoms in total. The summed E-state index contributed by atoms with van der Waals surface area (Å²) in [6.07, 6.45) is 0. The first kappa shape index (κ1) is 17.7. The fraction of sp³-hybridized carbons (Fsp3) is 0.500. The molecule has 0 aliphatic carbocycles. The molecule has 0 aromatic heterocycles. The van der Waals surface area contributed by atoms with Crippen molar-refractivity contribution in [3.63, 3.8) is 0 Å². The number of thioether (sulfide) groups is 1. The van der Waals surface area contributed by atoms with E-state index < -0.39 is 10.3 Å². The van der Waals surface area contributed by atoms with Gasteiger partial charge in [0.1, 0.15) is 0 Å². The third-order valence-corrected chi connectivity index (χ3v) is 4.98. The van der Waals surface area contributed by atoms with Gasteiger partial charge in [-0.15, -0.1) is 11.8 Å². The van der Waals surface area contributed by atoms with Crippen LogP contribution in [0.4, 0.5) is 0 Å². The second-order valence-corrected chi connectivity index (χ2v) is 7.98. The fourth-order valence-corrected chi connectivity index (χ4v) is 2.54. The lowest BCUT2D eigenvalue weighted by molar-refractivity contribution is -0.119. The standard InChI is InChI=1S/C16H24N2O2S/c1-15(2,18(5)6)13(19)11-7-9-12(10-8-11)21-16(3,4)14(17)20/h7-10H,1-6H3,(H2,17,20). The number of Topliss-reactive ketones (excluding diaryl/α,β-unsaturated/α-hetero) is 1. The van der Waals surface area contributed by atoms with Gasteiger partial charge in [-0.05, 0) is 53.9 Å². The minimum Gasteiger partial charge on any atom is -0.368 e. The molecule has 0 atom stereocenters. The van der Waals surface area contributed by atoms with Crippen LogP contribution in [0.25, 0.3) is 0 Å². The number of nitrogens with zero attached hydrogens (tertiary/aromatic N) is 1. The summed E-state index contributed by atoms with van der Waals surface area (Å²) >= 11 is 1.39. The van der Waals surface area contributed by atoms with Crippen molar-refractivity contribution < 1.29 is 9.59 Å². The average molecular weight is 308 g/mol. The molecule has 2 N–H and O–H groups in total. The zero-order chi connectivity index (χ0) is 16.4. The zero-order valence-corrected chi connectivity index (χ0v) is 14.4. The number of carbonyl (C=O) groups excluding carboxylic acids is 2. The van der Waals surface area contributed by atoms with E-state index in [1.807, 2.05) is 45.0 Å². The van der Waals surface area contributed by atoms with Gasteiger partial charge in [0, 0.05) is 10.5 Å². The number of amides is 1. The number of primary amides is 1. The summed E-state index contributed by atoms with van der Waals surface area (Å²) in [6, 6.07) is 7.31. The first-order valence-corrected chi connectivity index (χ1v) is 7.61. The first-order chi connectivity index (χ1) is 9.48. The largest absolute Gasteiger partial charge is 0.368 e. The summed E-state index contributed by atoms with van der Waals surface area (Å²) in [5.41, 5.74) is 5.47. The topological polar surface area (TPSA) is 63.4 Å². The predicted octanol–water partition coefficient (Wildman–Crippen LogP) is 2.57. The Morgan fingerprint density at radius 1 is 1.05 bits per heavy atom. The van der Waals surface area contributed by atoms with Crippen LogP contribution in [0.1, 0.15) is 38.1 Å². The van der Waals surface area contributed by atoms with Crippen LogP contribution in [-0.2, 0) is 4.79 Å². The Morgan fingerprint density at radius 2 is 1.52 bits per heavy atom. The fourth-order valence-electron chi connectivity index (χ4n) is 1.58. The van der Waals surface area contributed by atoms with Crippen LogP contribution >= 0.6 is 11.8 Å². The van der Waals surface area contributed by atoms with Gasteiger partial charge in [0.15, 0.2) is 5.78 Å². The summed E-state index contributed by atoms with van der Waals surface area (Å²) in [4.78, 5) is 26.7. The molecule has 0 fully saturated rings. The maximum atomic E-state index is 12.5. The highest BCUT2D eigenvalue weighted by molar-refractivity contribution is 8.01. The molecule has 116 valence electrons. The van der Waals surface area contributed by atoms with Crippen LogP contribution in [0.15, 0.2) is 29.2 Å². The second kappa shape index (κ2) is 6.20. The normalized spacial score (nSPS) is 12.5. The molecular formula is C16H24N2O2S. The number of carbonyl (C=O) groups is 2. The van der Waals surface area contributed by atoms with Crippen LogP contribution in [0.5, 0.6) is 0 Å². The van der Waals surface area contributed by atoms with Gasteiger partial charge in [-0.1, -0.05) is 12.1 Å². The van der Waals surface area contributed by atoms with Crippen molar-refractivity contribution >= 4 is 23.5 Å². The summed E-state index contributed by atoms with van der Waals surface area (Å²) < 4.78 is -0.672. The smallest absolute Gasteiger partial charge is 0.233 e. The number of rotatable bonds is 6. The highest BCUT2D eigenvalue weighted by Crippen LogP contribution is 2.32. The van der Waals surface area contributed by atoms with Crippen LogP contribution in [0.3, 0.4) is 0 Å². The Hall–Kier alpha value is -1.33. The van der Waals surface area contributed by atoms with Gasteiger partial charge in [0.05, 0.1) is 10.3 Å². The summed E-state index contributed by atoms with van der Waals surface area (Å²) in [5, 5.41) is 0. The maximum absolute atomic E-state index is 12.5. The number of benzene rings is 1. The van der Waals surface area contributed by atoms with Crippen LogP contribution < -0.4 is 5.73 Å². The van der Waals surface area contributed by atoms with Crippen molar-refractivity contribution in [2.75, 3.05) is 14.1 Å². The van der Waals surface area contributed by atoms with Crippen molar-refractivity contribution in [3.05, 3.63) is 29.8 Å². The van der Waals surface area contributed by atoms with E-state index in [2.05, 4.69) is 0 Å². The minimum absolute atomic E-state index is 0.0678. The zero-order valence-electron chi connectivity index (χ0n) is 13.6. The van der Waals surface area contributed by atoms with E-state index in [1.54, 1.807) is 26.0 Å². The lowest BCUT2D eigenvalue weighted by Gasteiger charge is -2.31. The van der Waals surface area contributed by atoms with Gasteiger partial charge in [-0.2, -0.15) is 0 Å². The van der Waals surface area contributed by atoms with Crippen molar-refractivity contribution in [2.45, 2.75) is 42.9 Å². The Balaban J connectivity index is 2.94. The molecule has 1 aromatic carbocycles. The molecule has 5 heteroatoms. The molecule has 0 heterocycles. The molecule has 0 radical (unpaired) electrons. The first-order valence-electron chi connectivity index (χ1n) is 6.79. The maximum Gasteiger partial charge on any atom is 0.233 e. The Bertz CT molecular complexity index is 534. The minimum atomic E-state index is -0.672. The van der Waals surface area contributed by atoms with E-state index in [0.717, 1.165) is 4.90 Å². The van der Waals surface area contributed by atoms with Gasteiger partial charge in [-0.3, -0.25) is 14.5 Å². The van der Waals surface area contributed by atoms with Crippen molar-refractivity contribution in [2.24, 2.45) is 5.73 Å². The number of likely N-dealkylation sites (N-methyl/N-ethyl adjacent to an activating group) is 1. The van der Waals surface area contributed by atoms with E-state index in [9.17, 15) is 9.59 Å².